The Morgan fingerprint density at radius 1 is 1.15 bits per heavy atom. The average molecular weight is 273 g/mol. The Bertz CT molecular complexity index is 482. The van der Waals surface area contributed by atoms with Gasteiger partial charge < -0.3 is 15.5 Å². The number of hydrogen-bond donors (Lipinski definition) is 1. The molecule has 2 aliphatic rings. The van der Waals surface area contributed by atoms with Crippen LogP contribution in [-0.2, 0) is 4.79 Å². The fraction of sp³-hybridized carbons (Fsp3) is 0.562. The Morgan fingerprint density at radius 3 is 2.70 bits per heavy atom. The zero-order valence-corrected chi connectivity index (χ0v) is 11.9. The monoisotopic (exact) mass is 273 g/mol. The molecule has 1 unspecified atom stereocenters. The summed E-state index contributed by atoms with van der Waals surface area (Å²) in [6, 6.07) is 8.35. The normalized spacial score (nSPS) is 22.6. The van der Waals surface area contributed by atoms with Crippen molar-refractivity contribution in [1.82, 2.24) is 4.90 Å². The first-order valence-corrected chi connectivity index (χ1v) is 7.63. The second kappa shape index (κ2) is 5.83. The second-order valence-corrected chi connectivity index (χ2v) is 5.82. The number of nitrogens with two attached hydrogens (primary N) is 1. The first-order chi connectivity index (χ1) is 9.75. The fourth-order valence-electron chi connectivity index (χ4n) is 3.26. The third-order valence-corrected chi connectivity index (χ3v) is 4.40. The smallest absolute Gasteiger partial charge is 0.242 e. The predicted molar refractivity (Wildman–Crippen MR) is 80.6 cm³/mol. The molecule has 1 aromatic carbocycles. The molecule has 4 heteroatoms. The molecule has 1 aromatic rings. The lowest BCUT2D eigenvalue weighted by Crippen LogP contribution is -2.39. The van der Waals surface area contributed by atoms with E-state index in [2.05, 4.69) is 17.0 Å². The van der Waals surface area contributed by atoms with E-state index in [-0.39, 0.29) is 11.9 Å². The van der Waals surface area contributed by atoms with Crippen LogP contribution in [-0.4, -0.2) is 37.0 Å². The molecule has 108 valence electrons. The van der Waals surface area contributed by atoms with Crippen LogP contribution in [0, 0.1) is 0 Å². The van der Waals surface area contributed by atoms with Crippen LogP contribution in [0.2, 0.25) is 0 Å². The zero-order valence-electron chi connectivity index (χ0n) is 11.9. The van der Waals surface area contributed by atoms with Gasteiger partial charge in [-0.25, -0.2) is 0 Å². The Labute approximate surface area is 120 Å². The molecule has 4 nitrogen and oxygen atoms in total. The van der Waals surface area contributed by atoms with Crippen LogP contribution >= 0.6 is 0 Å². The summed E-state index contributed by atoms with van der Waals surface area (Å²) in [5.41, 5.74) is 8.56. The van der Waals surface area contributed by atoms with Crippen molar-refractivity contribution >= 4 is 11.6 Å². The molecule has 0 aliphatic carbocycles. The maximum Gasteiger partial charge on any atom is 0.242 e. The van der Waals surface area contributed by atoms with Gasteiger partial charge >= 0.3 is 0 Å². The summed E-state index contributed by atoms with van der Waals surface area (Å²) in [6.07, 6.45) is 4.33. The van der Waals surface area contributed by atoms with E-state index in [0.717, 1.165) is 51.0 Å². The topological polar surface area (TPSA) is 49.6 Å². The molecule has 1 fully saturated rings. The van der Waals surface area contributed by atoms with Crippen LogP contribution in [0.1, 0.15) is 37.3 Å². The van der Waals surface area contributed by atoms with Crippen molar-refractivity contribution in [3.63, 3.8) is 0 Å². The third-order valence-electron chi connectivity index (χ3n) is 4.40. The van der Waals surface area contributed by atoms with Crippen molar-refractivity contribution in [2.24, 2.45) is 5.73 Å². The van der Waals surface area contributed by atoms with Crippen LogP contribution in [0.4, 0.5) is 5.69 Å². The summed E-state index contributed by atoms with van der Waals surface area (Å²) < 4.78 is 0. The number of rotatable bonds is 2. The van der Waals surface area contributed by atoms with Crippen molar-refractivity contribution in [2.75, 3.05) is 31.1 Å². The Morgan fingerprint density at radius 2 is 1.90 bits per heavy atom. The Kier molecular flexibility index (Phi) is 3.92. The van der Waals surface area contributed by atoms with Gasteiger partial charge in [-0.1, -0.05) is 18.2 Å². The molecular formula is C16H23N3O. The molecule has 0 spiro atoms. The van der Waals surface area contributed by atoms with Gasteiger partial charge in [0.25, 0.3) is 0 Å². The molecule has 1 saturated heterocycles. The number of anilines is 1. The quantitative estimate of drug-likeness (QED) is 0.895. The first-order valence-electron chi connectivity index (χ1n) is 7.63. The van der Waals surface area contributed by atoms with Crippen molar-refractivity contribution < 1.29 is 4.79 Å². The number of likely N-dealkylation sites (tertiary alicyclic amines) is 1. The van der Waals surface area contributed by atoms with E-state index in [0.29, 0.717) is 6.54 Å². The van der Waals surface area contributed by atoms with Gasteiger partial charge in [0.1, 0.15) is 0 Å². The molecule has 0 bridgehead atoms. The van der Waals surface area contributed by atoms with Gasteiger partial charge in [0, 0.05) is 31.4 Å². The molecule has 1 amide bonds. The lowest BCUT2D eigenvalue weighted by molar-refractivity contribution is -0.128. The molecule has 2 N–H and O–H groups in total. The predicted octanol–water partition coefficient (Wildman–Crippen LogP) is 1.91. The molecule has 3 rings (SSSR count). The number of para-hydroxylation sites is 1. The number of benzene rings is 1. The lowest BCUT2D eigenvalue weighted by atomic mass is 10.0. The summed E-state index contributed by atoms with van der Waals surface area (Å²) in [5.74, 6) is 0.257. The number of amides is 1. The van der Waals surface area contributed by atoms with Crippen LogP contribution < -0.4 is 10.6 Å². The van der Waals surface area contributed by atoms with Crippen LogP contribution in [0.15, 0.2) is 24.3 Å². The van der Waals surface area contributed by atoms with Crippen molar-refractivity contribution in [3.05, 3.63) is 29.8 Å². The van der Waals surface area contributed by atoms with Gasteiger partial charge in [-0.15, -0.1) is 0 Å². The van der Waals surface area contributed by atoms with Crippen molar-refractivity contribution in [3.8, 4) is 0 Å². The highest BCUT2D eigenvalue weighted by Gasteiger charge is 2.24. The highest BCUT2D eigenvalue weighted by Crippen LogP contribution is 2.31. The molecule has 0 radical (unpaired) electrons. The number of nitrogens with zero attached hydrogens (tertiary/aromatic N) is 2. The summed E-state index contributed by atoms with van der Waals surface area (Å²) >= 11 is 0. The minimum Gasteiger partial charge on any atom is -0.362 e. The minimum atomic E-state index is 0.0955. The number of fused-ring (bicyclic) bond motifs is 1. The zero-order chi connectivity index (χ0) is 13.9. The van der Waals surface area contributed by atoms with Crippen molar-refractivity contribution in [2.45, 2.75) is 31.7 Å². The van der Waals surface area contributed by atoms with E-state index in [1.807, 2.05) is 17.0 Å². The second-order valence-electron chi connectivity index (χ2n) is 5.82. The van der Waals surface area contributed by atoms with Crippen LogP contribution in [0.5, 0.6) is 0 Å². The summed E-state index contributed by atoms with van der Waals surface area (Å²) in [6.45, 7) is 3.26. The summed E-state index contributed by atoms with van der Waals surface area (Å²) in [7, 11) is 0. The molecule has 20 heavy (non-hydrogen) atoms. The molecule has 2 heterocycles. The van der Waals surface area contributed by atoms with Gasteiger partial charge in [-0.2, -0.15) is 0 Å². The highest BCUT2D eigenvalue weighted by atomic mass is 16.2. The lowest BCUT2D eigenvalue weighted by Gasteiger charge is -2.27. The Balaban J connectivity index is 1.78. The number of hydrogen-bond acceptors (Lipinski definition) is 3. The molecular weight excluding hydrogens is 250 g/mol. The first kappa shape index (κ1) is 13.4. The molecule has 0 aromatic heterocycles. The van der Waals surface area contributed by atoms with Crippen LogP contribution in [0.3, 0.4) is 0 Å². The largest absolute Gasteiger partial charge is 0.362 e. The summed E-state index contributed by atoms with van der Waals surface area (Å²) in [4.78, 5) is 16.6. The maximum absolute atomic E-state index is 12.4. The number of carbonyl (C=O) groups is 1. The van der Waals surface area contributed by atoms with E-state index < -0.39 is 0 Å². The van der Waals surface area contributed by atoms with Gasteiger partial charge in [-0.05, 0) is 37.3 Å². The number of carbonyl (C=O) groups excluding carboxylic acids is 1. The molecule has 1 atom stereocenters. The summed E-state index contributed by atoms with van der Waals surface area (Å²) in [5, 5.41) is 0. The highest BCUT2D eigenvalue weighted by molar-refractivity contribution is 5.82. The SMILES string of the molecule is NC1CCCN(CC(=O)N2CCCC2)c2ccccc21. The standard InChI is InChI=1S/C16H23N3O/c17-14-7-5-11-19(15-8-2-1-6-13(14)15)12-16(20)18-9-3-4-10-18/h1-2,6,8,14H,3-5,7,9-12,17H2. The van der Waals surface area contributed by atoms with E-state index >= 15 is 0 Å². The van der Waals surface area contributed by atoms with Gasteiger partial charge in [0.15, 0.2) is 0 Å². The fourth-order valence-corrected chi connectivity index (χ4v) is 3.26. The van der Waals surface area contributed by atoms with Gasteiger partial charge in [0.2, 0.25) is 5.91 Å². The van der Waals surface area contributed by atoms with Crippen LogP contribution in [0.25, 0.3) is 0 Å². The molecule has 2 aliphatic heterocycles. The van der Waals surface area contributed by atoms with Crippen molar-refractivity contribution in [1.29, 1.82) is 0 Å². The van der Waals surface area contributed by atoms with E-state index in [4.69, 9.17) is 5.73 Å². The van der Waals surface area contributed by atoms with E-state index in [9.17, 15) is 4.79 Å². The maximum atomic E-state index is 12.4. The Hall–Kier alpha value is -1.55. The average Bonchev–Trinajstić information content (AvgIpc) is 2.95. The van der Waals surface area contributed by atoms with E-state index in [1.54, 1.807) is 0 Å². The molecule has 0 saturated carbocycles. The van der Waals surface area contributed by atoms with E-state index in [1.165, 1.54) is 5.56 Å². The minimum absolute atomic E-state index is 0.0955. The van der Waals surface area contributed by atoms with Gasteiger partial charge in [0.05, 0.1) is 6.54 Å². The van der Waals surface area contributed by atoms with Gasteiger partial charge in [-0.3, -0.25) is 4.79 Å². The third kappa shape index (κ3) is 2.66.